The molecule has 0 saturated carbocycles. The predicted molar refractivity (Wildman–Crippen MR) is 59.9 cm³/mol. The Morgan fingerprint density at radius 1 is 1.60 bits per heavy atom. The number of carboxylic acids is 1. The standard InChI is InChI=1S/C11H22N2O2/c1-4-13(9-5-6-12-7-9)8-11(2,3)10(14)15/h9,12H,4-8H2,1-3H3,(H,14,15). The number of carbonyl (C=O) groups is 1. The molecule has 1 heterocycles. The minimum absolute atomic E-state index is 0.508. The summed E-state index contributed by atoms with van der Waals surface area (Å²) in [5.41, 5.74) is -0.654. The molecule has 0 amide bonds. The first kappa shape index (κ1) is 12.5. The SMILES string of the molecule is CCN(CC(C)(C)C(=O)O)C1CCNC1. The van der Waals surface area contributed by atoms with E-state index in [2.05, 4.69) is 17.1 Å². The summed E-state index contributed by atoms with van der Waals surface area (Å²) < 4.78 is 0. The van der Waals surface area contributed by atoms with Crippen molar-refractivity contribution in [2.45, 2.75) is 33.2 Å². The fourth-order valence-corrected chi connectivity index (χ4v) is 2.03. The van der Waals surface area contributed by atoms with E-state index < -0.39 is 11.4 Å². The van der Waals surface area contributed by atoms with E-state index in [0.29, 0.717) is 12.6 Å². The van der Waals surface area contributed by atoms with Crippen LogP contribution in [-0.2, 0) is 4.79 Å². The van der Waals surface area contributed by atoms with Crippen molar-refractivity contribution >= 4 is 5.97 Å². The highest BCUT2D eigenvalue weighted by molar-refractivity contribution is 5.73. The van der Waals surface area contributed by atoms with Crippen LogP contribution in [0.25, 0.3) is 0 Å². The molecule has 1 saturated heterocycles. The maximum absolute atomic E-state index is 11.0. The van der Waals surface area contributed by atoms with Crippen LogP contribution >= 0.6 is 0 Å². The third-order valence-corrected chi connectivity index (χ3v) is 3.13. The van der Waals surface area contributed by atoms with Crippen LogP contribution < -0.4 is 5.32 Å². The Morgan fingerprint density at radius 3 is 2.67 bits per heavy atom. The Kier molecular flexibility index (Phi) is 4.11. The Balaban J connectivity index is 2.56. The average molecular weight is 214 g/mol. The van der Waals surface area contributed by atoms with Crippen LogP contribution in [0.5, 0.6) is 0 Å². The van der Waals surface area contributed by atoms with Crippen molar-refractivity contribution in [2.24, 2.45) is 5.41 Å². The molecular weight excluding hydrogens is 192 g/mol. The molecule has 0 radical (unpaired) electrons. The molecule has 1 fully saturated rings. The zero-order chi connectivity index (χ0) is 11.5. The number of nitrogens with one attached hydrogen (secondary N) is 1. The van der Waals surface area contributed by atoms with Gasteiger partial charge in [0.25, 0.3) is 0 Å². The second kappa shape index (κ2) is 4.94. The van der Waals surface area contributed by atoms with E-state index in [-0.39, 0.29) is 0 Å². The van der Waals surface area contributed by atoms with Gasteiger partial charge in [0.05, 0.1) is 5.41 Å². The van der Waals surface area contributed by atoms with Crippen LogP contribution in [0, 0.1) is 5.41 Å². The van der Waals surface area contributed by atoms with Crippen molar-refractivity contribution in [1.82, 2.24) is 10.2 Å². The first-order valence-corrected chi connectivity index (χ1v) is 5.65. The summed E-state index contributed by atoms with van der Waals surface area (Å²) in [6, 6.07) is 0.508. The average Bonchev–Trinajstić information content (AvgIpc) is 2.66. The Morgan fingerprint density at radius 2 is 2.27 bits per heavy atom. The van der Waals surface area contributed by atoms with Gasteiger partial charge < -0.3 is 10.4 Å². The lowest BCUT2D eigenvalue weighted by Crippen LogP contribution is -2.45. The van der Waals surface area contributed by atoms with Crippen LogP contribution in [-0.4, -0.2) is 48.2 Å². The van der Waals surface area contributed by atoms with Gasteiger partial charge in [-0.2, -0.15) is 0 Å². The third-order valence-electron chi connectivity index (χ3n) is 3.13. The highest BCUT2D eigenvalue weighted by atomic mass is 16.4. The summed E-state index contributed by atoms with van der Waals surface area (Å²) in [6.45, 7) is 9.27. The minimum Gasteiger partial charge on any atom is -0.481 e. The number of likely N-dealkylation sites (N-methyl/N-ethyl adjacent to an activating group) is 1. The lowest BCUT2D eigenvalue weighted by atomic mass is 9.92. The molecule has 1 unspecified atom stereocenters. The van der Waals surface area contributed by atoms with Gasteiger partial charge in [-0.25, -0.2) is 0 Å². The maximum atomic E-state index is 11.0. The van der Waals surface area contributed by atoms with Gasteiger partial charge in [-0.15, -0.1) is 0 Å². The fourth-order valence-electron chi connectivity index (χ4n) is 2.03. The van der Waals surface area contributed by atoms with Crippen molar-refractivity contribution in [3.63, 3.8) is 0 Å². The molecule has 0 aliphatic carbocycles. The van der Waals surface area contributed by atoms with Gasteiger partial charge in [0.1, 0.15) is 0 Å². The summed E-state index contributed by atoms with van der Waals surface area (Å²) >= 11 is 0. The number of nitrogens with zero attached hydrogens (tertiary/aromatic N) is 1. The highest BCUT2D eigenvalue weighted by Gasteiger charge is 2.32. The summed E-state index contributed by atoms with van der Waals surface area (Å²) in [5, 5.41) is 12.4. The zero-order valence-corrected chi connectivity index (χ0v) is 9.92. The van der Waals surface area contributed by atoms with E-state index in [0.717, 1.165) is 26.1 Å². The van der Waals surface area contributed by atoms with E-state index in [9.17, 15) is 4.79 Å². The van der Waals surface area contributed by atoms with E-state index in [4.69, 9.17) is 5.11 Å². The Bertz CT molecular complexity index is 223. The van der Waals surface area contributed by atoms with E-state index in [1.807, 2.05) is 0 Å². The molecule has 4 nitrogen and oxygen atoms in total. The van der Waals surface area contributed by atoms with Crippen molar-refractivity contribution in [3.8, 4) is 0 Å². The van der Waals surface area contributed by atoms with Gasteiger partial charge in [0.2, 0.25) is 0 Å². The number of carboxylic acid groups (broad SMARTS) is 1. The molecule has 0 bridgehead atoms. The molecule has 0 spiro atoms. The van der Waals surface area contributed by atoms with Crippen LogP contribution in [0.2, 0.25) is 0 Å². The normalized spacial score (nSPS) is 22.3. The van der Waals surface area contributed by atoms with Gasteiger partial charge in [0.15, 0.2) is 0 Å². The Labute approximate surface area is 91.6 Å². The van der Waals surface area contributed by atoms with Crippen molar-refractivity contribution < 1.29 is 9.90 Å². The van der Waals surface area contributed by atoms with Gasteiger partial charge in [-0.05, 0) is 33.4 Å². The molecular formula is C11H22N2O2. The summed E-state index contributed by atoms with van der Waals surface area (Å²) in [4.78, 5) is 13.3. The third kappa shape index (κ3) is 3.18. The van der Waals surface area contributed by atoms with Gasteiger partial charge >= 0.3 is 5.97 Å². The molecule has 1 aliphatic rings. The molecule has 0 aromatic heterocycles. The minimum atomic E-state index is -0.716. The largest absolute Gasteiger partial charge is 0.481 e. The van der Waals surface area contributed by atoms with Crippen LogP contribution in [0.1, 0.15) is 27.2 Å². The first-order valence-electron chi connectivity index (χ1n) is 5.65. The number of hydrogen-bond donors (Lipinski definition) is 2. The molecule has 2 N–H and O–H groups in total. The summed E-state index contributed by atoms with van der Waals surface area (Å²) in [5.74, 6) is -0.716. The van der Waals surface area contributed by atoms with E-state index in [1.165, 1.54) is 0 Å². The zero-order valence-electron chi connectivity index (χ0n) is 9.92. The molecule has 15 heavy (non-hydrogen) atoms. The lowest BCUT2D eigenvalue weighted by molar-refractivity contribution is -0.148. The number of aliphatic carboxylic acids is 1. The smallest absolute Gasteiger partial charge is 0.310 e. The quantitative estimate of drug-likeness (QED) is 0.710. The van der Waals surface area contributed by atoms with Crippen molar-refractivity contribution in [3.05, 3.63) is 0 Å². The van der Waals surface area contributed by atoms with Crippen LogP contribution in [0.15, 0.2) is 0 Å². The second-order valence-electron chi connectivity index (χ2n) is 4.90. The summed E-state index contributed by atoms with van der Waals surface area (Å²) in [7, 11) is 0. The van der Waals surface area contributed by atoms with Gasteiger partial charge in [-0.3, -0.25) is 9.69 Å². The first-order chi connectivity index (χ1) is 6.97. The molecule has 0 aromatic carbocycles. The molecule has 4 heteroatoms. The highest BCUT2D eigenvalue weighted by Crippen LogP contribution is 2.20. The monoisotopic (exact) mass is 214 g/mol. The fraction of sp³-hybridized carbons (Fsp3) is 0.909. The lowest BCUT2D eigenvalue weighted by Gasteiger charge is -2.32. The Hall–Kier alpha value is -0.610. The van der Waals surface area contributed by atoms with Crippen molar-refractivity contribution in [1.29, 1.82) is 0 Å². The van der Waals surface area contributed by atoms with Crippen molar-refractivity contribution in [2.75, 3.05) is 26.2 Å². The predicted octanol–water partition coefficient (Wildman–Crippen LogP) is 0.781. The van der Waals surface area contributed by atoms with Crippen LogP contribution in [0.3, 0.4) is 0 Å². The van der Waals surface area contributed by atoms with E-state index >= 15 is 0 Å². The van der Waals surface area contributed by atoms with Crippen LogP contribution in [0.4, 0.5) is 0 Å². The second-order valence-corrected chi connectivity index (χ2v) is 4.90. The molecule has 0 aromatic rings. The molecule has 1 rings (SSSR count). The van der Waals surface area contributed by atoms with E-state index in [1.54, 1.807) is 13.8 Å². The molecule has 88 valence electrons. The molecule has 1 atom stereocenters. The molecule has 1 aliphatic heterocycles. The summed E-state index contributed by atoms with van der Waals surface area (Å²) in [6.07, 6.45) is 1.13. The van der Waals surface area contributed by atoms with Gasteiger partial charge in [-0.1, -0.05) is 6.92 Å². The number of hydrogen-bond acceptors (Lipinski definition) is 3. The van der Waals surface area contributed by atoms with Gasteiger partial charge in [0, 0.05) is 19.1 Å². The number of rotatable bonds is 5. The topological polar surface area (TPSA) is 52.6 Å². The maximum Gasteiger partial charge on any atom is 0.310 e.